The topological polar surface area (TPSA) is 69.9 Å². The van der Waals surface area contributed by atoms with Crippen LogP contribution in [0.1, 0.15) is 23.0 Å². The number of esters is 1. The van der Waals surface area contributed by atoms with Crippen LogP contribution in [0.2, 0.25) is 0 Å². The molecule has 0 bridgehead atoms. The van der Waals surface area contributed by atoms with Gasteiger partial charge in [0.1, 0.15) is 11.4 Å². The lowest BCUT2D eigenvalue weighted by Gasteiger charge is -2.06. The van der Waals surface area contributed by atoms with Gasteiger partial charge in [-0.3, -0.25) is 14.6 Å². The van der Waals surface area contributed by atoms with Gasteiger partial charge in [0.25, 0.3) is 0 Å². The van der Waals surface area contributed by atoms with Crippen LogP contribution in [0.15, 0.2) is 55.0 Å². The Morgan fingerprint density at radius 3 is 2.78 bits per heavy atom. The molecule has 0 fully saturated rings. The highest BCUT2D eigenvalue weighted by Gasteiger charge is 2.18. The van der Waals surface area contributed by atoms with E-state index in [4.69, 9.17) is 4.74 Å². The highest BCUT2D eigenvalue weighted by atomic mass is 16.5. The smallest absolute Gasteiger partial charge is 0.356 e. The van der Waals surface area contributed by atoms with Crippen molar-refractivity contribution in [2.75, 3.05) is 6.61 Å². The lowest BCUT2D eigenvalue weighted by Crippen LogP contribution is -2.14. The predicted molar refractivity (Wildman–Crippen MR) is 84.8 cm³/mol. The molecule has 6 heteroatoms. The zero-order valence-electron chi connectivity index (χ0n) is 12.7. The van der Waals surface area contributed by atoms with Crippen molar-refractivity contribution in [1.29, 1.82) is 0 Å². The summed E-state index contributed by atoms with van der Waals surface area (Å²) >= 11 is 0. The first kappa shape index (κ1) is 14.9. The first-order valence-corrected chi connectivity index (χ1v) is 7.33. The molecule has 0 saturated heterocycles. The van der Waals surface area contributed by atoms with E-state index in [-0.39, 0.29) is 0 Å². The Bertz CT molecular complexity index is 785. The molecule has 0 radical (unpaired) electrons. The summed E-state index contributed by atoms with van der Waals surface area (Å²) in [5.41, 5.74) is 2.70. The van der Waals surface area contributed by atoms with Crippen LogP contribution in [-0.2, 0) is 11.3 Å². The molecule has 0 aliphatic heterocycles. The molecule has 0 amide bonds. The van der Waals surface area contributed by atoms with Gasteiger partial charge in [-0.05, 0) is 30.7 Å². The number of rotatable bonds is 5. The minimum Gasteiger partial charge on any atom is -0.461 e. The summed E-state index contributed by atoms with van der Waals surface area (Å²) < 4.78 is 6.74. The second-order valence-electron chi connectivity index (χ2n) is 4.87. The number of carbonyl (C=O) groups is 1. The number of pyridine rings is 2. The molecule has 3 aromatic rings. The molecule has 3 heterocycles. The van der Waals surface area contributed by atoms with Gasteiger partial charge in [0.15, 0.2) is 0 Å². The second-order valence-corrected chi connectivity index (χ2v) is 4.87. The van der Waals surface area contributed by atoms with Crippen LogP contribution in [0.3, 0.4) is 0 Å². The van der Waals surface area contributed by atoms with Crippen molar-refractivity contribution in [3.8, 4) is 11.4 Å². The molecular formula is C17H16N4O2. The van der Waals surface area contributed by atoms with Crippen molar-refractivity contribution < 1.29 is 9.53 Å². The third kappa shape index (κ3) is 3.42. The second kappa shape index (κ2) is 6.83. The van der Waals surface area contributed by atoms with E-state index in [1.54, 1.807) is 36.3 Å². The maximum atomic E-state index is 12.2. The Balaban J connectivity index is 1.98. The molecule has 0 aliphatic rings. The molecule has 0 saturated carbocycles. The minimum absolute atomic E-state index is 0.315. The summed E-state index contributed by atoms with van der Waals surface area (Å²) in [7, 11) is 0. The van der Waals surface area contributed by atoms with Crippen molar-refractivity contribution in [2.24, 2.45) is 0 Å². The van der Waals surface area contributed by atoms with E-state index in [1.807, 2.05) is 30.3 Å². The molecule has 116 valence electrons. The normalized spacial score (nSPS) is 10.5. The fraction of sp³-hybridized carbons (Fsp3) is 0.176. The third-order valence-electron chi connectivity index (χ3n) is 3.25. The number of hydrogen-bond donors (Lipinski definition) is 0. The van der Waals surface area contributed by atoms with Gasteiger partial charge in [-0.25, -0.2) is 4.79 Å². The van der Waals surface area contributed by atoms with Gasteiger partial charge in [0, 0.05) is 24.7 Å². The van der Waals surface area contributed by atoms with Gasteiger partial charge in [-0.2, -0.15) is 5.10 Å². The van der Waals surface area contributed by atoms with E-state index < -0.39 is 5.97 Å². The van der Waals surface area contributed by atoms with Crippen molar-refractivity contribution >= 4 is 5.97 Å². The lowest BCUT2D eigenvalue weighted by atomic mass is 10.2. The van der Waals surface area contributed by atoms with Gasteiger partial charge in [0.05, 0.1) is 18.8 Å². The summed E-state index contributed by atoms with van der Waals surface area (Å²) in [6.07, 6.45) is 5.15. The Labute approximate surface area is 133 Å². The average molecular weight is 308 g/mol. The average Bonchev–Trinajstić information content (AvgIpc) is 3.01. The molecule has 23 heavy (non-hydrogen) atoms. The largest absolute Gasteiger partial charge is 0.461 e. The number of ether oxygens (including phenoxy) is 1. The zero-order chi connectivity index (χ0) is 16.1. The van der Waals surface area contributed by atoms with Crippen molar-refractivity contribution in [3.63, 3.8) is 0 Å². The summed E-state index contributed by atoms with van der Waals surface area (Å²) in [5.74, 6) is -0.397. The summed E-state index contributed by atoms with van der Waals surface area (Å²) in [6.45, 7) is 2.53. The molecule has 0 unspecified atom stereocenters. The molecule has 0 spiro atoms. The van der Waals surface area contributed by atoms with Gasteiger partial charge in [-0.1, -0.05) is 12.1 Å². The predicted octanol–water partition coefficient (Wildman–Crippen LogP) is 2.57. The number of nitrogens with zero attached hydrogens (tertiary/aromatic N) is 4. The summed E-state index contributed by atoms with van der Waals surface area (Å²) in [4.78, 5) is 20.5. The molecule has 3 aromatic heterocycles. The van der Waals surface area contributed by atoms with Crippen LogP contribution in [0.4, 0.5) is 0 Å². The molecular weight excluding hydrogens is 292 g/mol. The number of carbonyl (C=O) groups excluding carboxylic acids is 1. The Hall–Kier alpha value is -3.02. The number of hydrogen-bond acceptors (Lipinski definition) is 5. The molecule has 3 rings (SSSR count). The van der Waals surface area contributed by atoms with Crippen LogP contribution < -0.4 is 0 Å². The lowest BCUT2D eigenvalue weighted by molar-refractivity contribution is 0.0512. The van der Waals surface area contributed by atoms with Crippen LogP contribution in [-0.4, -0.2) is 32.3 Å². The summed E-state index contributed by atoms with van der Waals surface area (Å²) in [5, 5.41) is 4.50. The quantitative estimate of drug-likeness (QED) is 0.678. The van der Waals surface area contributed by atoms with Crippen LogP contribution in [0.5, 0.6) is 0 Å². The molecule has 0 aromatic carbocycles. The maximum absolute atomic E-state index is 12.2. The van der Waals surface area contributed by atoms with Crippen LogP contribution >= 0.6 is 0 Å². The Morgan fingerprint density at radius 1 is 1.17 bits per heavy atom. The molecule has 6 nitrogen and oxygen atoms in total. The fourth-order valence-electron chi connectivity index (χ4n) is 2.21. The number of aromatic nitrogens is 4. The van der Waals surface area contributed by atoms with E-state index in [9.17, 15) is 4.79 Å². The van der Waals surface area contributed by atoms with Gasteiger partial charge < -0.3 is 4.74 Å². The van der Waals surface area contributed by atoms with Crippen LogP contribution in [0, 0.1) is 0 Å². The summed E-state index contributed by atoms with van der Waals surface area (Å²) in [6, 6.07) is 11.1. The van der Waals surface area contributed by atoms with Gasteiger partial charge >= 0.3 is 5.97 Å². The fourth-order valence-corrected chi connectivity index (χ4v) is 2.21. The Kier molecular flexibility index (Phi) is 4.42. The van der Waals surface area contributed by atoms with Crippen molar-refractivity contribution in [3.05, 3.63) is 66.2 Å². The van der Waals surface area contributed by atoms with E-state index in [0.29, 0.717) is 30.2 Å². The van der Waals surface area contributed by atoms with E-state index >= 15 is 0 Å². The zero-order valence-corrected chi connectivity index (χ0v) is 12.7. The van der Waals surface area contributed by atoms with E-state index in [2.05, 4.69) is 15.1 Å². The molecule has 0 N–H and O–H groups in total. The molecule has 0 atom stereocenters. The standard InChI is InChI=1S/C17H16N4O2/c1-2-23-17(22)16-10-15(14-7-3-4-9-19-14)20-21(16)12-13-6-5-8-18-11-13/h3-11H,2,12H2,1H3. The highest BCUT2D eigenvalue weighted by Crippen LogP contribution is 2.18. The monoisotopic (exact) mass is 308 g/mol. The van der Waals surface area contributed by atoms with Gasteiger partial charge in [0.2, 0.25) is 0 Å². The van der Waals surface area contributed by atoms with Crippen LogP contribution in [0.25, 0.3) is 11.4 Å². The van der Waals surface area contributed by atoms with Crippen molar-refractivity contribution in [1.82, 2.24) is 19.7 Å². The first-order valence-electron chi connectivity index (χ1n) is 7.33. The highest BCUT2D eigenvalue weighted by molar-refractivity contribution is 5.88. The maximum Gasteiger partial charge on any atom is 0.356 e. The molecule has 0 aliphatic carbocycles. The van der Waals surface area contributed by atoms with Gasteiger partial charge in [-0.15, -0.1) is 0 Å². The SMILES string of the molecule is CCOC(=O)c1cc(-c2ccccn2)nn1Cc1cccnc1. The first-order chi connectivity index (χ1) is 11.3. The van der Waals surface area contributed by atoms with E-state index in [1.165, 1.54) is 0 Å². The Morgan fingerprint density at radius 2 is 2.09 bits per heavy atom. The third-order valence-corrected chi connectivity index (χ3v) is 3.25. The van der Waals surface area contributed by atoms with Crippen molar-refractivity contribution in [2.45, 2.75) is 13.5 Å². The van der Waals surface area contributed by atoms with E-state index in [0.717, 1.165) is 5.56 Å². The minimum atomic E-state index is -0.397.